The quantitative estimate of drug-likeness (QED) is 0.450. The van der Waals surface area contributed by atoms with Crippen LogP contribution in [0.3, 0.4) is 0 Å². The maximum Gasteiger partial charge on any atom is 0.243 e. The molecule has 0 saturated carbocycles. The molecule has 4 rings (SSSR count). The SMILES string of the molecule is COc1cccc(OC)c1-n1c(NS(=O)(=O)C(C)C(C)c2ncc(C)cn2)nnc1C1OCCCO1. The van der Waals surface area contributed by atoms with Crippen molar-refractivity contribution in [3.63, 3.8) is 0 Å². The van der Waals surface area contributed by atoms with Crippen LogP contribution in [0, 0.1) is 6.92 Å². The lowest BCUT2D eigenvalue weighted by molar-refractivity contribution is -0.187. The van der Waals surface area contributed by atoms with Gasteiger partial charge >= 0.3 is 0 Å². The fourth-order valence-electron chi connectivity index (χ4n) is 3.76. The van der Waals surface area contributed by atoms with Gasteiger partial charge in [-0.05, 0) is 38.0 Å². The number of hydrogen-bond acceptors (Lipinski definition) is 10. The topological polar surface area (TPSA) is 140 Å². The molecule has 1 aromatic carbocycles. The van der Waals surface area contributed by atoms with Gasteiger partial charge in [0.05, 0.1) is 32.7 Å². The Kier molecular flexibility index (Phi) is 7.71. The molecule has 1 saturated heterocycles. The lowest BCUT2D eigenvalue weighted by Crippen LogP contribution is -2.31. The number of rotatable bonds is 9. The summed E-state index contributed by atoms with van der Waals surface area (Å²) in [5.74, 6) is 0.954. The zero-order valence-electron chi connectivity index (χ0n) is 20.8. The summed E-state index contributed by atoms with van der Waals surface area (Å²) < 4.78 is 53.7. The number of methoxy groups -OCH3 is 2. The Hall–Kier alpha value is -3.29. The number of sulfonamides is 1. The summed E-state index contributed by atoms with van der Waals surface area (Å²) in [6.45, 7) is 6.15. The normalized spacial score (nSPS) is 16.4. The molecule has 194 valence electrons. The number of para-hydroxylation sites is 1. The minimum Gasteiger partial charge on any atom is -0.494 e. The number of aromatic nitrogens is 5. The molecule has 3 aromatic rings. The first-order chi connectivity index (χ1) is 17.3. The van der Waals surface area contributed by atoms with Gasteiger partial charge in [0.25, 0.3) is 0 Å². The molecule has 3 heterocycles. The molecule has 0 amide bonds. The minimum atomic E-state index is -3.97. The molecule has 0 bridgehead atoms. The Morgan fingerprint density at radius 2 is 1.67 bits per heavy atom. The summed E-state index contributed by atoms with van der Waals surface area (Å²) in [6.07, 6.45) is 3.20. The number of ether oxygens (including phenoxy) is 4. The van der Waals surface area contributed by atoms with Crippen LogP contribution in [0.5, 0.6) is 11.5 Å². The fourth-order valence-corrected chi connectivity index (χ4v) is 4.99. The second-order valence-electron chi connectivity index (χ2n) is 8.41. The maximum absolute atomic E-state index is 13.5. The van der Waals surface area contributed by atoms with Gasteiger partial charge in [0, 0.05) is 18.3 Å². The second kappa shape index (κ2) is 10.8. The molecule has 0 radical (unpaired) electrons. The molecule has 12 nitrogen and oxygen atoms in total. The van der Waals surface area contributed by atoms with E-state index in [4.69, 9.17) is 18.9 Å². The van der Waals surface area contributed by atoms with Gasteiger partial charge in [-0.2, -0.15) is 0 Å². The van der Waals surface area contributed by atoms with Gasteiger partial charge in [0.2, 0.25) is 22.3 Å². The molecular formula is C23H30N6O6S. The molecule has 0 spiro atoms. The zero-order valence-corrected chi connectivity index (χ0v) is 21.7. The number of hydrogen-bond donors (Lipinski definition) is 1. The first-order valence-corrected chi connectivity index (χ1v) is 13.0. The van der Waals surface area contributed by atoms with Gasteiger partial charge in [-0.15, -0.1) is 10.2 Å². The van der Waals surface area contributed by atoms with Crippen molar-refractivity contribution in [1.29, 1.82) is 0 Å². The summed E-state index contributed by atoms with van der Waals surface area (Å²) in [5, 5.41) is 7.48. The van der Waals surface area contributed by atoms with Crippen LogP contribution >= 0.6 is 0 Å². The third kappa shape index (κ3) is 5.13. The van der Waals surface area contributed by atoms with Gasteiger partial charge in [0.1, 0.15) is 23.0 Å². The largest absolute Gasteiger partial charge is 0.494 e. The van der Waals surface area contributed by atoms with Crippen LogP contribution in [0.4, 0.5) is 5.95 Å². The molecule has 2 aromatic heterocycles. The van der Waals surface area contributed by atoms with Crippen molar-refractivity contribution in [1.82, 2.24) is 24.7 Å². The molecule has 1 fully saturated rings. The first kappa shape index (κ1) is 25.8. The number of aryl methyl sites for hydroxylation is 1. The second-order valence-corrected chi connectivity index (χ2v) is 10.5. The van der Waals surface area contributed by atoms with Gasteiger partial charge in [-0.1, -0.05) is 13.0 Å². The minimum absolute atomic E-state index is 0.0607. The maximum atomic E-state index is 13.5. The van der Waals surface area contributed by atoms with Gasteiger partial charge < -0.3 is 18.9 Å². The highest BCUT2D eigenvalue weighted by molar-refractivity contribution is 7.93. The summed E-state index contributed by atoms with van der Waals surface area (Å²) in [4.78, 5) is 8.59. The Balaban J connectivity index is 1.77. The lowest BCUT2D eigenvalue weighted by atomic mass is 10.1. The van der Waals surface area contributed by atoms with E-state index in [1.165, 1.54) is 18.8 Å². The van der Waals surface area contributed by atoms with E-state index >= 15 is 0 Å². The molecule has 1 aliphatic heterocycles. The standard InChI is InChI=1S/C23H30N6O6S/c1-14-12-24-20(25-13-14)15(2)16(3)36(30,31)28-23-27-26-21(22-34-10-7-11-35-22)29(23)19-17(32-4)8-6-9-18(19)33-5/h6,8-9,12-13,15-16,22H,7,10-11H2,1-5H3,(H,27,28). The van der Waals surface area contributed by atoms with Gasteiger partial charge in [-0.3, -0.25) is 9.29 Å². The van der Waals surface area contributed by atoms with Crippen LogP contribution in [-0.4, -0.2) is 65.8 Å². The van der Waals surface area contributed by atoms with Crippen LogP contribution in [0.1, 0.15) is 49.7 Å². The lowest BCUT2D eigenvalue weighted by Gasteiger charge is -2.25. The highest BCUT2D eigenvalue weighted by Gasteiger charge is 2.34. The Labute approximate surface area is 210 Å². The van der Waals surface area contributed by atoms with Crippen molar-refractivity contribution in [2.75, 3.05) is 32.2 Å². The number of benzene rings is 1. The van der Waals surface area contributed by atoms with E-state index < -0.39 is 27.5 Å². The zero-order chi connectivity index (χ0) is 25.9. The van der Waals surface area contributed by atoms with E-state index in [1.807, 2.05) is 6.92 Å². The van der Waals surface area contributed by atoms with Crippen molar-refractivity contribution < 1.29 is 27.4 Å². The molecule has 2 unspecified atom stereocenters. The molecule has 2 atom stereocenters. The number of anilines is 1. The molecule has 13 heteroatoms. The Morgan fingerprint density at radius 1 is 1.06 bits per heavy atom. The predicted octanol–water partition coefficient (Wildman–Crippen LogP) is 2.75. The van der Waals surface area contributed by atoms with Gasteiger partial charge in [-0.25, -0.2) is 18.4 Å². The number of nitrogens with one attached hydrogen (secondary N) is 1. The van der Waals surface area contributed by atoms with E-state index in [0.717, 1.165) is 12.0 Å². The van der Waals surface area contributed by atoms with Gasteiger partial charge in [0.15, 0.2) is 5.82 Å². The molecule has 1 aliphatic rings. The summed E-state index contributed by atoms with van der Waals surface area (Å²) in [5.41, 5.74) is 1.29. The van der Waals surface area contributed by atoms with Crippen LogP contribution in [-0.2, 0) is 19.5 Å². The monoisotopic (exact) mass is 518 g/mol. The average molecular weight is 519 g/mol. The van der Waals surface area contributed by atoms with Crippen molar-refractivity contribution in [2.24, 2.45) is 0 Å². The first-order valence-electron chi connectivity index (χ1n) is 11.5. The van der Waals surface area contributed by atoms with E-state index in [9.17, 15) is 8.42 Å². The van der Waals surface area contributed by atoms with Crippen LogP contribution in [0.15, 0.2) is 30.6 Å². The van der Waals surface area contributed by atoms with Crippen molar-refractivity contribution in [2.45, 2.75) is 44.6 Å². The summed E-state index contributed by atoms with van der Waals surface area (Å²) in [6, 6.07) is 5.21. The van der Waals surface area contributed by atoms with E-state index in [0.29, 0.717) is 36.2 Å². The Bertz CT molecular complexity index is 1270. The summed E-state index contributed by atoms with van der Waals surface area (Å²) in [7, 11) is -0.964. The number of nitrogens with zero attached hydrogens (tertiary/aromatic N) is 5. The third-order valence-corrected chi connectivity index (χ3v) is 7.84. The van der Waals surface area contributed by atoms with Crippen molar-refractivity contribution in [3.05, 3.63) is 47.8 Å². The third-order valence-electron chi connectivity index (χ3n) is 5.99. The van der Waals surface area contributed by atoms with Crippen molar-refractivity contribution in [3.8, 4) is 17.2 Å². The van der Waals surface area contributed by atoms with Crippen LogP contribution in [0.25, 0.3) is 5.69 Å². The average Bonchev–Trinajstić information content (AvgIpc) is 3.30. The summed E-state index contributed by atoms with van der Waals surface area (Å²) >= 11 is 0. The Morgan fingerprint density at radius 3 is 2.25 bits per heavy atom. The highest BCUT2D eigenvalue weighted by atomic mass is 32.2. The van der Waals surface area contributed by atoms with E-state index in [1.54, 1.807) is 44.4 Å². The fraction of sp³-hybridized carbons (Fsp3) is 0.478. The highest BCUT2D eigenvalue weighted by Crippen LogP contribution is 2.38. The molecule has 1 N–H and O–H groups in total. The van der Waals surface area contributed by atoms with E-state index in [2.05, 4.69) is 24.9 Å². The van der Waals surface area contributed by atoms with Crippen LogP contribution < -0.4 is 14.2 Å². The van der Waals surface area contributed by atoms with Crippen molar-refractivity contribution >= 4 is 16.0 Å². The van der Waals surface area contributed by atoms with E-state index in [-0.39, 0.29) is 11.8 Å². The molecule has 0 aliphatic carbocycles. The van der Waals surface area contributed by atoms with Crippen LogP contribution in [0.2, 0.25) is 0 Å². The predicted molar refractivity (Wildman–Crippen MR) is 131 cm³/mol. The molecular weight excluding hydrogens is 488 g/mol. The molecule has 36 heavy (non-hydrogen) atoms. The smallest absolute Gasteiger partial charge is 0.243 e.